The normalized spacial score (nSPS) is 12.4. The molecule has 0 aliphatic carbocycles. The van der Waals surface area contributed by atoms with Crippen LogP contribution in [-0.4, -0.2) is 24.8 Å². The van der Waals surface area contributed by atoms with Gasteiger partial charge in [0.05, 0.1) is 0 Å². The quantitative estimate of drug-likeness (QED) is 0.440. The zero-order chi connectivity index (χ0) is 9.23. The molecule has 2 nitrogen and oxygen atoms in total. The molecule has 0 radical (unpaired) electrons. The zero-order valence-corrected chi connectivity index (χ0v) is 7.84. The number of aliphatic hydroxyl groups is 1. The smallest absolute Gasteiger partial charge is 0.0434 e. The van der Waals surface area contributed by atoms with E-state index in [9.17, 15) is 0 Å². The Balaban J connectivity index is 3.04. The van der Waals surface area contributed by atoms with E-state index in [0.29, 0.717) is 5.92 Å². The molecule has 0 aliphatic rings. The van der Waals surface area contributed by atoms with Crippen LogP contribution in [0.5, 0.6) is 0 Å². The van der Waals surface area contributed by atoms with E-state index in [1.807, 2.05) is 0 Å². The summed E-state index contributed by atoms with van der Waals surface area (Å²) >= 11 is 0. The second-order valence-electron chi connectivity index (χ2n) is 3.13. The topological polar surface area (TPSA) is 32.3 Å². The first-order valence-electron chi connectivity index (χ1n) is 4.56. The fourth-order valence-corrected chi connectivity index (χ4v) is 0.986. The van der Waals surface area contributed by atoms with Gasteiger partial charge in [0.25, 0.3) is 0 Å². The van der Waals surface area contributed by atoms with Crippen LogP contribution < -0.4 is 5.32 Å². The minimum Gasteiger partial charge on any atom is -0.396 e. The largest absolute Gasteiger partial charge is 0.396 e. The molecule has 0 bridgehead atoms. The van der Waals surface area contributed by atoms with Gasteiger partial charge in [0, 0.05) is 13.0 Å². The van der Waals surface area contributed by atoms with E-state index in [1.54, 1.807) is 0 Å². The highest BCUT2D eigenvalue weighted by atomic mass is 16.3. The molecule has 0 aliphatic heterocycles. The highest BCUT2D eigenvalue weighted by Crippen LogP contribution is 1.97. The van der Waals surface area contributed by atoms with Crippen LogP contribution in [0.2, 0.25) is 0 Å². The van der Waals surface area contributed by atoms with Crippen molar-refractivity contribution in [2.24, 2.45) is 5.92 Å². The van der Waals surface area contributed by atoms with Gasteiger partial charge in [-0.3, -0.25) is 0 Å². The zero-order valence-electron chi connectivity index (χ0n) is 7.84. The highest BCUT2D eigenvalue weighted by molar-refractivity contribution is 4.83. The molecule has 70 valence electrons. The van der Waals surface area contributed by atoms with Crippen LogP contribution in [0.4, 0.5) is 0 Å². The van der Waals surface area contributed by atoms with E-state index in [4.69, 9.17) is 11.5 Å². The maximum atomic E-state index is 8.62. The first kappa shape index (κ1) is 11.5. The SMILES string of the molecule is C#CCCCNCC(C)CCO. The molecule has 0 rings (SSSR count). The Labute approximate surface area is 75.4 Å². The molecule has 12 heavy (non-hydrogen) atoms. The minimum atomic E-state index is 0.285. The van der Waals surface area contributed by atoms with Gasteiger partial charge in [-0.2, -0.15) is 0 Å². The third-order valence-electron chi connectivity index (χ3n) is 1.79. The number of aliphatic hydroxyl groups excluding tert-OH is 1. The highest BCUT2D eigenvalue weighted by Gasteiger charge is 1.98. The van der Waals surface area contributed by atoms with Crippen molar-refractivity contribution in [3.8, 4) is 12.3 Å². The number of terminal acetylenes is 1. The van der Waals surface area contributed by atoms with E-state index in [1.165, 1.54) is 0 Å². The Morgan fingerprint density at radius 3 is 2.92 bits per heavy atom. The average Bonchev–Trinajstić information content (AvgIpc) is 2.05. The molecular formula is C10H19NO. The van der Waals surface area contributed by atoms with E-state index >= 15 is 0 Å². The van der Waals surface area contributed by atoms with Crippen molar-refractivity contribution in [1.29, 1.82) is 0 Å². The molecule has 0 spiro atoms. The number of unbranched alkanes of at least 4 members (excludes halogenated alkanes) is 1. The third kappa shape index (κ3) is 7.59. The standard InChI is InChI=1S/C10H19NO/c1-3-4-5-7-11-9-10(2)6-8-12/h1,10-12H,4-9H2,2H3. The van der Waals surface area contributed by atoms with Crippen molar-refractivity contribution >= 4 is 0 Å². The molecule has 0 aromatic carbocycles. The molecule has 0 saturated carbocycles. The van der Waals surface area contributed by atoms with Gasteiger partial charge in [-0.15, -0.1) is 12.3 Å². The van der Waals surface area contributed by atoms with Crippen molar-refractivity contribution in [2.45, 2.75) is 26.2 Å². The summed E-state index contributed by atoms with van der Waals surface area (Å²) in [5, 5.41) is 11.9. The average molecular weight is 169 g/mol. The lowest BCUT2D eigenvalue weighted by Crippen LogP contribution is -2.22. The molecule has 0 amide bonds. The molecule has 0 fully saturated rings. The van der Waals surface area contributed by atoms with Gasteiger partial charge in [0.1, 0.15) is 0 Å². The van der Waals surface area contributed by atoms with Crippen LogP contribution in [-0.2, 0) is 0 Å². The first-order valence-corrected chi connectivity index (χ1v) is 4.56. The molecule has 1 atom stereocenters. The summed E-state index contributed by atoms with van der Waals surface area (Å²) in [5.74, 6) is 3.16. The first-order chi connectivity index (χ1) is 5.81. The van der Waals surface area contributed by atoms with Gasteiger partial charge in [-0.05, 0) is 31.8 Å². The molecule has 0 heterocycles. The summed E-state index contributed by atoms with van der Waals surface area (Å²) in [4.78, 5) is 0. The second-order valence-corrected chi connectivity index (χ2v) is 3.13. The Hall–Kier alpha value is -0.520. The molecule has 0 aromatic rings. The van der Waals surface area contributed by atoms with Gasteiger partial charge in [-0.25, -0.2) is 0 Å². The van der Waals surface area contributed by atoms with Gasteiger partial charge in [-0.1, -0.05) is 6.92 Å². The molecule has 1 unspecified atom stereocenters. The van der Waals surface area contributed by atoms with Crippen molar-refractivity contribution < 1.29 is 5.11 Å². The lowest BCUT2D eigenvalue weighted by Gasteiger charge is -2.09. The number of hydrogen-bond donors (Lipinski definition) is 2. The van der Waals surface area contributed by atoms with Crippen LogP contribution in [0.1, 0.15) is 26.2 Å². The predicted molar refractivity (Wildman–Crippen MR) is 51.8 cm³/mol. The van der Waals surface area contributed by atoms with E-state index in [-0.39, 0.29) is 6.61 Å². The number of nitrogens with one attached hydrogen (secondary N) is 1. The molecule has 0 saturated heterocycles. The summed E-state index contributed by atoms with van der Waals surface area (Å²) < 4.78 is 0. The molecule has 2 heteroatoms. The van der Waals surface area contributed by atoms with Crippen LogP contribution >= 0.6 is 0 Å². The number of hydrogen-bond acceptors (Lipinski definition) is 2. The van der Waals surface area contributed by atoms with Crippen LogP contribution in [0.3, 0.4) is 0 Å². The lowest BCUT2D eigenvalue weighted by atomic mass is 10.1. The van der Waals surface area contributed by atoms with Gasteiger partial charge in [0.15, 0.2) is 0 Å². The van der Waals surface area contributed by atoms with Crippen molar-refractivity contribution in [3.05, 3.63) is 0 Å². The second kappa shape index (κ2) is 8.58. The van der Waals surface area contributed by atoms with Crippen molar-refractivity contribution in [3.63, 3.8) is 0 Å². The fourth-order valence-electron chi connectivity index (χ4n) is 0.986. The maximum Gasteiger partial charge on any atom is 0.0434 e. The van der Waals surface area contributed by atoms with E-state index < -0.39 is 0 Å². The van der Waals surface area contributed by atoms with Crippen LogP contribution in [0.15, 0.2) is 0 Å². The summed E-state index contributed by atoms with van der Waals surface area (Å²) in [6, 6.07) is 0. The molecule has 0 aromatic heterocycles. The Bertz CT molecular complexity index is 128. The van der Waals surface area contributed by atoms with Crippen molar-refractivity contribution in [1.82, 2.24) is 5.32 Å². The Kier molecular flexibility index (Phi) is 8.20. The minimum absolute atomic E-state index is 0.285. The molecular weight excluding hydrogens is 150 g/mol. The van der Waals surface area contributed by atoms with E-state index in [0.717, 1.165) is 32.4 Å². The fraction of sp³-hybridized carbons (Fsp3) is 0.800. The summed E-state index contributed by atoms with van der Waals surface area (Å²) in [6.07, 6.45) is 7.88. The van der Waals surface area contributed by atoms with E-state index in [2.05, 4.69) is 18.2 Å². The van der Waals surface area contributed by atoms with Gasteiger partial charge in [0.2, 0.25) is 0 Å². The summed E-state index contributed by atoms with van der Waals surface area (Å²) in [5.41, 5.74) is 0. The summed E-state index contributed by atoms with van der Waals surface area (Å²) in [6.45, 7) is 4.38. The molecule has 2 N–H and O–H groups in total. The van der Waals surface area contributed by atoms with Gasteiger partial charge < -0.3 is 10.4 Å². The van der Waals surface area contributed by atoms with Gasteiger partial charge >= 0.3 is 0 Å². The third-order valence-corrected chi connectivity index (χ3v) is 1.79. The Morgan fingerprint density at radius 2 is 2.33 bits per heavy atom. The summed E-state index contributed by atoms with van der Waals surface area (Å²) in [7, 11) is 0. The van der Waals surface area contributed by atoms with Crippen LogP contribution in [0.25, 0.3) is 0 Å². The van der Waals surface area contributed by atoms with Crippen LogP contribution in [0, 0.1) is 18.3 Å². The Morgan fingerprint density at radius 1 is 1.58 bits per heavy atom. The lowest BCUT2D eigenvalue weighted by molar-refractivity contribution is 0.260. The van der Waals surface area contributed by atoms with Crippen molar-refractivity contribution in [2.75, 3.05) is 19.7 Å². The monoisotopic (exact) mass is 169 g/mol. The maximum absolute atomic E-state index is 8.62. The predicted octanol–water partition coefficient (Wildman–Crippen LogP) is 1.01. The number of rotatable bonds is 7.